The van der Waals surface area contributed by atoms with Crippen molar-refractivity contribution in [3.8, 4) is 0 Å². The van der Waals surface area contributed by atoms with Crippen molar-refractivity contribution >= 4 is 39.9 Å². The summed E-state index contributed by atoms with van der Waals surface area (Å²) in [5, 5.41) is 5.90. The van der Waals surface area contributed by atoms with Gasteiger partial charge in [0.2, 0.25) is 0 Å². The molecule has 4 aromatic rings. The van der Waals surface area contributed by atoms with Crippen LogP contribution < -0.4 is 5.32 Å². The van der Waals surface area contributed by atoms with E-state index >= 15 is 0 Å². The van der Waals surface area contributed by atoms with Crippen LogP contribution in [-0.4, -0.2) is 35.5 Å². The Kier molecular flexibility index (Phi) is 5.19. The van der Waals surface area contributed by atoms with Crippen molar-refractivity contribution in [2.45, 2.75) is 19.4 Å². The number of carbonyl (C=O) groups is 2. The molecule has 2 aromatic carbocycles. The lowest BCUT2D eigenvalue weighted by Crippen LogP contribution is -2.43. The average Bonchev–Trinajstić information content (AvgIpc) is 3.43. The van der Waals surface area contributed by atoms with E-state index in [1.807, 2.05) is 17.0 Å². The predicted octanol–water partition coefficient (Wildman–Crippen LogP) is 5.50. The third-order valence-electron chi connectivity index (χ3n) is 5.97. The third-order valence-corrected chi connectivity index (χ3v) is 6.86. The van der Waals surface area contributed by atoms with E-state index in [0.717, 1.165) is 23.2 Å². The standard InChI is InChI=1S/C25H23N3O3S/c1-15-7-9-16(10-8-15)22-21-18(17-5-3-4-6-19(17)26-21)11-13-28(22)25(30)27-20-12-14-32-23(20)24(29)31-2/h3-10,12,14,22,26H,11,13H2,1-2H3,(H,27,30)/t22-/m0/s1. The van der Waals surface area contributed by atoms with Crippen LogP contribution in [-0.2, 0) is 11.2 Å². The van der Waals surface area contributed by atoms with Crippen LogP contribution in [0.5, 0.6) is 0 Å². The van der Waals surface area contributed by atoms with Gasteiger partial charge in [-0.3, -0.25) is 0 Å². The molecule has 0 fully saturated rings. The Bertz CT molecular complexity index is 1310. The van der Waals surface area contributed by atoms with Crippen LogP contribution >= 0.6 is 11.3 Å². The molecule has 0 aliphatic carbocycles. The number of benzene rings is 2. The lowest BCUT2D eigenvalue weighted by molar-refractivity contribution is 0.0607. The number of thiophene rings is 1. The number of hydrogen-bond donors (Lipinski definition) is 2. The van der Waals surface area contributed by atoms with Gasteiger partial charge in [0.15, 0.2) is 0 Å². The highest BCUT2D eigenvalue weighted by Crippen LogP contribution is 2.39. The normalized spacial score (nSPS) is 15.4. The summed E-state index contributed by atoms with van der Waals surface area (Å²) >= 11 is 1.25. The molecule has 32 heavy (non-hydrogen) atoms. The molecule has 2 aromatic heterocycles. The van der Waals surface area contributed by atoms with Gasteiger partial charge in [-0.1, -0.05) is 48.0 Å². The highest BCUT2D eigenvalue weighted by molar-refractivity contribution is 7.12. The summed E-state index contributed by atoms with van der Waals surface area (Å²) in [6, 6.07) is 17.8. The van der Waals surface area contributed by atoms with Gasteiger partial charge in [-0.15, -0.1) is 11.3 Å². The first-order valence-corrected chi connectivity index (χ1v) is 11.3. The molecular weight excluding hydrogens is 422 g/mol. The van der Waals surface area contributed by atoms with Gasteiger partial charge in [0.05, 0.1) is 18.8 Å². The molecule has 0 saturated heterocycles. The fourth-order valence-electron chi connectivity index (χ4n) is 4.40. The second-order valence-corrected chi connectivity index (χ2v) is 8.82. The Morgan fingerprint density at radius 2 is 1.91 bits per heavy atom. The van der Waals surface area contributed by atoms with Crippen molar-refractivity contribution in [2.75, 3.05) is 19.0 Å². The molecule has 2 N–H and O–H groups in total. The number of hydrogen-bond acceptors (Lipinski definition) is 4. The molecule has 5 rings (SSSR count). The highest BCUT2D eigenvalue weighted by atomic mass is 32.1. The van der Waals surface area contributed by atoms with Crippen LogP contribution in [0.4, 0.5) is 10.5 Å². The molecule has 6 nitrogen and oxygen atoms in total. The number of ether oxygens (including phenoxy) is 1. The summed E-state index contributed by atoms with van der Waals surface area (Å²) in [4.78, 5) is 31.3. The van der Waals surface area contributed by atoms with Crippen molar-refractivity contribution < 1.29 is 14.3 Å². The van der Waals surface area contributed by atoms with Gasteiger partial charge in [-0.05, 0) is 42.0 Å². The molecule has 162 valence electrons. The van der Waals surface area contributed by atoms with Gasteiger partial charge in [0.1, 0.15) is 4.88 Å². The van der Waals surface area contributed by atoms with E-state index in [9.17, 15) is 9.59 Å². The van der Waals surface area contributed by atoms with E-state index in [4.69, 9.17) is 4.74 Å². The molecule has 1 aliphatic rings. The number of aryl methyl sites for hydroxylation is 1. The van der Waals surface area contributed by atoms with Gasteiger partial charge >= 0.3 is 12.0 Å². The zero-order valence-electron chi connectivity index (χ0n) is 17.8. The first-order valence-electron chi connectivity index (χ1n) is 10.5. The van der Waals surface area contributed by atoms with Crippen LogP contribution in [0, 0.1) is 6.92 Å². The number of aromatic amines is 1. The molecule has 7 heteroatoms. The maximum Gasteiger partial charge on any atom is 0.350 e. The van der Waals surface area contributed by atoms with Crippen LogP contribution in [0.15, 0.2) is 60.0 Å². The largest absolute Gasteiger partial charge is 0.465 e. The summed E-state index contributed by atoms with van der Waals surface area (Å²) < 4.78 is 4.85. The van der Waals surface area contributed by atoms with Crippen molar-refractivity contribution in [3.05, 3.63) is 87.2 Å². The van der Waals surface area contributed by atoms with Crippen LogP contribution in [0.2, 0.25) is 0 Å². The third kappa shape index (κ3) is 3.44. The van der Waals surface area contributed by atoms with E-state index in [0.29, 0.717) is 17.1 Å². The Morgan fingerprint density at radius 1 is 1.12 bits per heavy atom. The maximum absolute atomic E-state index is 13.5. The summed E-state index contributed by atoms with van der Waals surface area (Å²) in [6.07, 6.45) is 0.753. The smallest absolute Gasteiger partial charge is 0.350 e. The molecule has 1 aliphatic heterocycles. The number of nitrogens with one attached hydrogen (secondary N) is 2. The van der Waals surface area contributed by atoms with Crippen molar-refractivity contribution in [3.63, 3.8) is 0 Å². The number of methoxy groups -OCH3 is 1. The number of urea groups is 1. The van der Waals surface area contributed by atoms with Crippen LogP contribution in [0.25, 0.3) is 10.9 Å². The fourth-order valence-corrected chi connectivity index (χ4v) is 5.17. The number of anilines is 1. The Labute approximate surface area is 189 Å². The molecular formula is C25H23N3O3S. The molecule has 0 saturated carbocycles. The van der Waals surface area contributed by atoms with E-state index in [1.54, 1.807) is 11.4 Å². The monoisotopic (exact) mass is 445 g/mol. The number of para-hydroxylation sites is 1. The molecule has 2 amide bonds. The Morgan fingerprint density at radius 3 is 2.69 bits per heavy atom. The summed E-state index contributed by atoms with van der Waals surface area (Å²) in [5.74, 6) is -0.457. The number of esters is 1. The number of aromatic nitrogens is 1. The van der Waals surface area contributed by atoms with E-state index < -0.39 is 5.97 Å². The zero-order valence-corrected chi connectivity index (χ0v) is 18.7. The minimum Gasteiger partial charge on any atom is -0.465 e. The van der Waals surface area contributed by atoms with E-state index in [1.165, 1.54) is 35.0 Å². The predicted molar refractivity (Wildman–Crippen MR) is 126 cm³/mol. The maximum atomic E-state index is 13.5. The summed E-state index contributed by atoms with van der Waals surface area (Å²) in [7, 11) is 1.34. The average molecular weight is 446 g/mol. The molecule has 0 unspecified atom stereocenters. The minimum absolute atomic E-state index is 0.247. The van der Waals surface area contributed by atoms with Crippen molar-refractivity contribution in [1.29, 1.82) is 0 Å². The molecule has 3 heterocycles. The van der Waals surface area contributed by atoms with Crippen LogP contribution in [0.1, 0.15) is 38.1 Å². The van der Waals surface area contributed by atoms with Gasteiger partial charge in [-0.2, -0.15) is 0 Å². The number of fused-ring (bicyclic) bond motifs is 3. The van der Waals surface area contributed by atoms with Crippen molar-refractivity contribution in [1.82, 2.24) is 9.88 Å². The van der Waals surface area contributed by atoms with Crippen LogP contribution in [0.3, 0.4) is 0 Å². The summed E-state index contributed by atoms with van der Waals surface area (Å²) in [5.41, 5.74) is 6.03. The minimum atomic E-state index is -0.457. The molecule has 0 spiro atoms. The first kappa shape index (κ1) is 20.3. The Hall–Kier alpha value is -3.58. The van der Waals surface area contributed by atoms with Gasteiger partial charge in [0, 0.05) is 23.1 Å². The Balaban J connectivity index is 1.55. The van der Waals surface area contributed by atoms with Gasteiger partial charge < -0.3 is 19.9 Å². The second kappa shape index (κ2) is 8.16. The number of H-pyrrole nitrogens is 1. The lowest BCUT2D eigenvalue weighted by Gasteiger charge is -2.36. The fraction of sp³-hybridized carbons (Fsp3) is 0.200. The second-order valence-electron chi connectivity index (χ2n) is 7.90. The van der Waals surface area contributed by atoms with Crippen molar-refractivity contribution in [2.24, 2.45) is 0 Å². The molecule has 0 radical (unpaired) electrons. The highest BCUT2D eigenvalue weighted by Gasteiger charge is 2.35. The number of carbonyl (C=O) groups excluding carboxylic acids is 2. The van der Waals surface area contributed by atoms with Gasteiger partial charge in [0.25, 0.3) is 0 Å². The zero-order chi connectivity index (χ0) is 22.2. The topological polar surface area (TPSA) is 74.4 Å². The molecule has 1 atom stereocenters. The quantitative estimate of drug-likeness (QED) is 0.409. The number of nitrogens with zero attached hydrogens (tertiary/aromatic N) is 1. The molecule has 0 bridgehead atoms. The van der Waals surface area contributed by atoms with E-state index in [2.05, 4.69) is 53.6 Å². The lowest BCUT2D eigenvalue weighted by atomic mass is 9.92. The SMILES string of the molecule is COC(=O)c1sccc1NC(=O)N1CCc2c([nH]c3ccccc23)[C@@H]1c1ccc(C)cc1. The van der Waals surface area contributed by atoms with E-state index in [-0.39, 0.29) is 12.1 Å². The van der Waals surface area contributed by atoms with Gasteiger partial charge in [-0.25, -0.2) is 9.59 Å². The summed E-state index contributed by atoms with van der Waals surface area (Å²) in [6.45, 7) is 2.62. The number of rotatable bonds is 3. The number of amides is 2. The first-order chi connectivity index (χ1) is 15.6.